The highest BCUT2D eigenvalue weighted by Crippen LogP contribution is 2.22. The number of ether oxygens (including phenoxy) is 2. The number of carbonyl (C=O) groups is 3. The number of nitrogens with one attached hydrogen (secondary N) is 2. The number of nitrogens with zero attached hydrogens (tertiary/aromatic N) is 1. The topological polar surface area (TPSA) is 120 Å². The molecule has 0 unspecified atom stereocenters. The van der Waals surface area contributed by atoms with Crippen molar-refractivity contribution in [2.24, 2.45) is 0 Å². The second-order valence-electron chi connectivity index (χ2n) is 4.69. The Morgan fingerprint density at radius 2 is 2.08 bits per heavy atom. The van der Waals surface area contributed by atoms with Crippen LogP contribution in [-0.2, 0) is 19.1 Å². The molecule has 1 heterocycles. The van der Waals surface area contributed by atoms with Crippen LogP contribution < -0.4 is 10.6 Å². The zero-order chi connectivity index (χ0) is 18.1. The van der Waals surface area contributed by atoms with Crippen molar-refractivity contribution in [2.45, 2.75) is 5.22 Å². The molecule has 0 saturated heterocycles. The van der Waals surface area contributed by atoms with Crippen molar-refractivity contribution in [2.75, 3.05) is 32.6 Å². The van der Waals surface area contributed by atoms with Crippen LogP contribution >= 0.6 is 11.8 Å². The molecule has 0 saturated carbocycles. The zero-order valence-corrected chi connectivity index (χ0v) is 14.3. The number of thioether (sulfide) groups is 1. The first kappa shape index (κ1) is 18.7. The van der Waals surface area contributed by atoms with Crippen LogP contribution in [0.4, 0.5) is 4.79 Å². The fraction of sp³-hybridized carbons (Fsp3) is 0.333. The summed E-state index contributed by atoms with van der Waals surface area (Å²) in [5.41, 5.74) is 1.31. The van der Waals surface area contributed by atoms with Crippen LogP contribution in [0.3, 0.4) is 0 Å². The zero-order valence-electron chi connectivity index (χ0n) is 13.4. The largest absolute Gasteiger partial charge is 0.455 e. The molecule has 9 nitrogen and oxygen atoms in total. The maximum Gasteiger partial charge on any atom is 0.321 e. The molecule has 2 aromatic rings. The van der Waals surface area contributed by atoms with Crippen molar-refractivity contribution >= 4 is 40.8 Å². The van der Waals surface area contributed by atoms with Crippen LogP contribution in [0.15, 0.2) is 33.9 Å². The molecule has 0 fully saturated rings. The third kappa shape index (κ3) is 6.43. The van der Waals surface area contributed by atoms with E-state index in [0.29, 0.717) is 22.9 Å². The van der Waals surface area contributed by atoms with Gasteiger partial charge in [-0.3, -0.25) is 14.9 Å². The first-order valence-corrected chi connectivity index (χ1v) is 8.27. The molecule has 0 aliphatic heterocycles. The molecule has 0 spiro atoms. The summed E-state index contributed by atoms with van der Waals surface area (Å²) in [6, 6.07) is 6.53. The van der Waals surface area contributed by atoms with Gasteiger partial charge >= 0.3 is 12.0 Å². The summed E-state index contributed by atoms with van der Waals surface area (Å²) >= 11 is 1.06. The third-order valence-electron chi connectivity index (χ3n) is 2.80. The van der Waals surface area contributed by atoms with E-state index in [0.717, 1.165) is 11.8 Å². The minimum atomic E-state index is -0.727. The molecular weight excluding hydrogens is 350 g/mol. The Morgan fingerprint density at radius 1 is 1.28 bits per heavy atom. The average Bonchev–Trinajstić information content (AvgIpc) is 3.01. The summed E-state index contributed by atoms with van der Waals surface area (Å²) in [5.74, 6) is -1.42. The molecule has 1 aromatic heterocycles. The molecule has 0 radical (unpaired) electrons. The number of hydrogen-bond acceptors (Lipinski definition) is 8. The first-order chi connectivity index (χ1) is 12.1. The minimum Gasteiger partial charge on any atom is -0.455 e. The van der Waals surface area contributed by atoms with E-state index in [1.54, 1.807) is 12.1 Å². The van der Waals surface area contributed by atoms with E-state index in [9.17, 15) is 14.4 Å². The lowest BCUT2D eigenvalue weighted by Crippen LogP contribution is -2.42. The number of imide groups is 1. The number of benzene rings is 1. The number of urea groups is 1. The van der Waals surface area contributed by atoms with Crippen molar-refractivity contribution < 1.29 is 28.3 Å². The van der Waals surface area contributed by atoms with Crippen LogP contribution in [0.1, 0.15) is 0 Å². The fourth-order valence-corrected chi connectivity index (χ4v) is 2.33. The molecule has 1 aromatic carbocycles. The molecule has 3 amide bonds. The van der Waals surface area contributed by atoms with E-state index in [-0.39, 0.29) is 12.3 Å². The smallest absolute Gasteiger partial charge is 0.321 e. The van der Waals surface area contributed by atoms with Crippen molar-refractivity contribution in [3.8, 4) is 0 Å². The number of methoxy groups -OCH3 is 1. The second-order valence-corrected chi connectivity index (χ2v) is 5.62. The summed E-state index contributed by atoms with van der Waals surface area (Å²) in [6.45, 7) is 0.0326. The number of aromatic nitrogens is 1. The van der Waals surface area contributed by atoms with E-state index < -0.39 is 24.5 Å². The van der Waals surface area contributed by atoms with Crippen LogP contribution in [0.5, 0.6) is 0 Å². The van der Waals surface area contributed by atoms with Crippen LogP contribution in [0.2, 0.25) is 0 Å². The first-order valence-electron chi connectivity index (χ1n) is 7.29. The van der Waals surface area contributed by atoms with E-state index >= 15 is 0 Å². The standard InChI is InChI=1S/C15H17N3O6S/c1-22-7-6-16-14(21)18-12(19)8-23-13(20)9-25-15-17-10-4-2-3-5-11(10)24-15/h2-5H,6-9H2,1H3,(H2,16,18,19,21). The lowest BCUT2D eigenvalue weighted by Gasteiger charge is -2.06. The number of carbonyl (C=O) groups excluding carboxylic acids is 3. The van der Waals surface area contributed by atoms with Gasteiger partial charge in [-0.1, -0.05) is 23.9 Å². The SMILES string of the molecule is COCCNC(=O)NC(=O)COC(=O)CSc1nc2ccccc2o1. The molecule has 134 valence electrons. The Balaban J connectivity index is 1.66. The van der Waals surface area contributed by atoms with Gasteiger partial charge in [-0.05, 0) is 12.1 Å². The van der Waals surface area contributed by atoms with Gasteiger partial charge in [0.25, 0.3) is 11.1 Å². The number of oxazole rings is 1. The minimum absolute atomic E-state index is 0.0693. The van der Waals surface area contributed by atoms with E-state index in [4.69, 9.17) is 13.9 Å². The lowest BCUT2D eigenvalue weighted by molar-refractivity contribution is -0.145. The van der Waals surface area contributed by atoms with Gasteiger partial charge in [0.1, 0.15) is 11.3 Å². The van der Waals surface area contributed by atoms with E-state index in [1.165, 1.54) is 7.11 Å². The van der Waals surface area contributed by atoms with Crippen molar-refractivity contribution in [1.29, 1.82) is 0 Å². The molecule has 0 atom stereocenters. The molecule has 0 aliphatic carbocycles. The van der Waals surface area contributed by atoms with Gasteiger partial charge in [-0.15, -0.1) is 0 Å². The van der Waals surface area contributed by atoms with E-state index in [2.05, 4.69) is 10.3 Å². The van der Waals surface area contributed by atoms with Gasteiger partial charge in [0.15, 0.2) is 12.2 Å². The molecule has 2 rings (SSSR count). The number of amides is 3. The Kier molecular flexibility index (Phi) is 7.23. The number of rotatable bonds is 8. The molecule has 10 heteroatoms. The Labute approximate surface area is 147 Å². The number of para-hydroxylation sites is 2. The Morgan fingerprint density at radius 3 is 2.84 bits per heavy atom. The highest BCUT2D eigenvalue weighted by molar-refractivity contribution is 7.99. The average molecular weight is 367 g/mol. The van der Waals surface area contributed by atoms with Gasteiger partial charge in [0.2, 0.25) is 0 Å². The third-order valence-corrected chi connectivity index (χ3v) is 3.60. The highest BCUT2D eigenvalue weighted by atomic mass is 32.2. The summed E-state index contributed by atoms with van der Waals surface area (Å²) in [4.78, 5) is 38.6. The van der Waals surface area contributed by atoms with Gasteiger partial charge in [-0.25, -0.2) is 9.78 Å². The maximum absolute atomic E-state index is 11.6. The summed E-state index contributed by atoms with van der Waals surface area (Å²) < 4.78 is 15.0. The molecule has 0 aliphatic rings. The predicted octanol–water partition coefficient (Wildman–Crippen LogP) is 0.935. The van der Waals surface area contributed by atoms with Crippen molar-refractivity contribution in [1.82, 2.24) is 15.6 Å². The normalized spacial score (nSPS) is 10.4. The predicted molar refractivity (Wildman–Crippen MR) is 89.1 cm³/mol. The molecular formula is C15H17N3O6S. The number of hydrogen-bond donors (Lipinski definition) is 2. The van der Waals surface area contributed by atoms with Crippen LogP contribution in [0, 0.1) is 0 Å². The summed E-state index contributed by atoms with van der Waals surface area (Å²) in [6.07, 6.45) is 0. The molecule has 25 heavy (non-hydrogen) atoms. The molecule has 2 N–H and O–H groups in total. The lowest BCUT2D eigenvalue weighted by atomic mass is 10.3. The monoisotopic (exact) mass is 367 g/mol. The van der Waals surface area contributed by atoms with Crippen LogP contribution in [-0.4, -0.2) is 55.5 Å². The number of fused-ring (bicyclic) bond motifs is 1. The summed E-state index contributed by atoms with van der Waals surface area (Å²) in [5, 5.41) is 4.76. The fourth-order valence-electron chi connectivity index (χ4n) is 1.69. The van der Waals surface area contributed by atoms with Gasteiger partial charge in [-0.2, -0.15) is 0 Å². The summed E-state index contributed by atoms with van der Waals surface area (Å²) in [7, 11) is 1.49. The van der Waals surface area contributed by atoms with Crippen LogP contribution in [0.25, 0.3) is 11.1 Å². The van der Waals surface area contributed by atoms with Gasteiger partial charge in [0.05, 0.1) is 6.61 Å². The van der Waals surface area contributed by atoms with E-state index in [1.807, 2.05) is 17.4 Å². The van der Waals surface area contributed by atoms with Gasteiger partial charge in [0, 0.05) is 13.7 Å². The quantitative estimate of drug-likeness (QED) is 0.402. The molecule has 0 bridgehead atoms. The number of esters is 1. The highest BCUT2D eigenvalue weighted by Gasteiger charge is 2.13. The Hall–Kier alpha value is -2.59. The van der Waals surface area contributed by atoms with Gasteiger partial charge < -0.3 is 19.2 Å². The second kappa shape index (κ2) is 9.64. The van der Waals surface area contributed by atoms with Crippen molar-refractivity contribution in [3.63, 3.8) is 0 Å². The Bertz CT molecular complexity index is 715. The van der Waals surface area contributed by atoms with Crippen molar-refractivity contribution in [3.05, 3.63) is 24.3 Å². The maximum atomic E-state index is 11.6.